The van der Waals surface area contributed by atoms with Gasteiger partial charge in [-0.3, -0.25) is 9.59 Å². The van der Waals surface area contributed by atoms with E-state index >= 15 is 0 Å². The molecule has 0 spiro atoms. The van der Waals surface area contributed by atoms with Gasteiger partial charge in [0.25, 0.3) is 0 Å². The number of amides is 1. The fourth-order valence-electron chi connectivity index (χ4n) is 0.565. The highest BCUT2D eigenvalue weighted by Gasteiger charge is 2.01. The number of carbonyl (C=O) groups is 2. The Bertz CT molecular complexity index is 185. The molecule has 0 saturated heterocycles. The van der Waals surface area contributed by atoms with E-state index < -0.39 is 0 Å². The van der Waals surface area contributed by atoms with Crippen molar-refractivity contribution in [3.63, 3.8) is 0 Å². The second-order valence-electron chi connectivity index (χ2n) is 2.44. The molecule has 1 amide bonds. The van der Waals surface area contributed by atoms with Crippen LogP contribution in [0.2, 0.25) is 0 Å². The van der Waals surface area contributed by atoms with Crippen LogP contribution in [0.3, 0.4) is 0 Å². The third-order valence-corrected chi connectivity index (χ3v) is 1.20. The van der Waals surface area contributed by atoms with Gasteiger partial charge in [0, 0.05) is 19.9 Å². The molecule has 0 rings (SSSR count). The van der Waals surface area contributed by atoms with Crippen molar-refractivity contribution in [2.75, 3.05) is 6.54 Å². The number of carbonyl (C=O) groups excluding carboxylic acids is 2. The van der Waals surface area contributed by atoms with Crippen molar-refractivity contribution in [3.8, 4) is 0 Å². The van der Waals surface area contributed by atoms with E-state index in [1.165, 1.54) is 6.92 Å². The summed E-state index contributed by atoms with van der Waals surface area (Å²) >= 11 is 0. The molecule has 0 saturated carbocycles. The standard InChI is InChI=1S/C8H13NO2/c1-6(2)8(11)4-5-9-7(3)10/h1,4-5H2,2-3H3,(H,9,10). The topological polar surface area (TPSA) is 46.2 Å². The van der Waals surface area contributed by atoms with Crippen molar-refractivity contribution in [3.05, 3.63) is 12.2 Å². The molecule has 0 fully saturated rings. The average Bonchev–Trinajstić information content (AvgIpc) is 1.86. The zero-order valence-electron chi connectivity index (χ0n) is 6.94. The van der Waals surface area contributed by atoms with E-state index in [1.807, 2.05) is 0 Å². The predicted molar refractivity (Wildman–Crippen MR) is 43.1 cm³/mol. The van der Waals surface area contributed by atoms with E-state index in [-0.39, 0.29) is 11.7 Å². The number of Topliss-reactive ketones (excluding diaryl/α,β-unsaturated/α-hetero) is 1. The van der Waals surface area contributed by atoms with Gasteiger partial charge in [0.05, 0.1) is 0 Å². The van der Waals surface area contributed by atoms with Gasteiger partial charge in [-0.05, 0) is 12.5 Å². The maximum absolute atomic E-state index is 10.9. The van der Waals surface area contributed by atoms with Crippen LogP contribution in [0.5, 0.6) is 0 Å². The van der Waals surface area contributed by atoms with E-state index in [2.05, 4.69) is 11.9 Å². The van der Waals surface area contributed by atoms with Gasteiger partial charge in [-0.1, -0.05) is 6.58 Å². The van der Waals surface area contributed by atoms with Crippen LogP contribution in [0.15, 0.2) is 12.2 Å². The van der Waals surface area contributed by atoms with Gasteiger partial charge in [0.15, 0.2) is 5.78 Å². The van der Waals surface area contributed by atoms with Crippen molar-refractivity contribution in [2.24, 2.45) is 0 Å². The van der Waals surface area contributed by atoms with Gasteiger partial charge in [0.2, 0.25) is 5.91 Å². The summed E-state index contributed by atoms with van der Waals surface area (Å²) in [5, 5.41) is 2.53. The normalized spacial score (nSPS) is 8.91. The van der Waals surface area contributed by atoms with Gasteiger partial charge < -0.3 is 5.32 Å². The maximum atomic E-state index is 10.9. The second kappa shape index (κ2) is 4.66. The van der Waals surface area contributed by atoms with Crippen LogP contribution in [0.25, 0.3) is 0 Å². The summed E-state index contributed by atoms with van der Waals surface area (Å²) in [6, 6.07) is 0. The van der Waals surface area contributed by atoms with Crippen molar-refractivity contribution in [1.29, 1.82) is 0 Å². The first-order valence-electron chi connectivity index (χ1n) is 3.47. The first kappa shape index (κ1) is 9.88. The molecule has 3 nitrogen and oxygen atoms in total. The van der Waals surface area contributed by atoms with Crippen molar-refractivity contribution < 1.29 is 9.59 Å². The lowest BCUT2D eigenvalue weighted by molar-refractivity contribution is -0.119. The Kier molecular flexibility index (Phi) is 4.18. The minimum absolute atomic E-state index is 0.00116. The molecule has 3 heteroatoms. The molecule has 0 unspecified atom stereocenters. The van der Waals surface area contributed by atoms with Crippen LogP contribution < -0.4 is 5.32 Å². The molecule has 0 aliphatic rings. The van der Waals surface area contributed by atoms with Crippen LogP contribution in [0.1, 0.15) is 20.3 Å². The smallest absolute Gasteiger partial charge is 0.216 e. The number of hydrogen-bond donors (Lipinski definition) is 1. The van der Waals surface area contributed by atoms with Gasteiger partial charge in [0.1, 0.15) is 0 Å². The van der Waals surface area contributed by atoms with Gasteiger partial charge >= 0.3 is 0 Å². The van der Waals surface area contributed by atoms with Gasteiger partial charge in [-0.2, -0.15) is 0 Å². The van der Waals surface area contributed by atoms with Gasteiger partial charge in [-0.15, -0.1) is 0 Å². The van der Waals surface area contributed by atoms with Crippen LogP contribution in [-0.4, -0.2) is 18.2 Å². The van der Waals surface area contributed by atoms with Crippen molar-refractivity contribution >= 4 is 11.7 Å². The SMILES string of the molecule is C=C(C)C(=O)CCNC(C)=O. The minimum Gasteiger partial charge on any atom is -0.356 e. The molecule has 0 aromatic rings. The number of rotatable bonds is 4. The van der Waals surface area contributed by atoms with E-state index in [0.717, 1.165) is 0 Å². The molecular weight excluding hydrogens is 142 g/mol. The molecule has 1 N–H and O–H groups in total. The highest BCUT2D eigenvalue weighted by molar-refractivity contribution is 5.94. The van der Waals surface area contributed by atoms with Crippen LogP contribution in [-0.2, 0) is 9.59 Å². The summed E-state index contributed by atoms with van der Waals surface area (Å²) < 4.78 is 0. The Morgan fingerprint density at radius 1 is 1.36 bits per heavy atom. The Morgan fingerprint density at radius 2 is 1.91 bits per heavy atom. The second-order valence-corrected chi connectivity index (χ2v) is 2.44. The molecule has 0 radical (unpaired) electrons. The van der Waals surface area contributed by atoms with E-state index in [1.54, 1.807) is 6.92 Å². The Balaban J connectivity index is 3.47. The summed E-state index contributed by atoms with van der Waals surface area (Å²) in [7, 11) is 0. The van der Waals surface area contributed by atoms with E-state index in [0.29, 0.717) is 18.5 Å². The maximum Gasteiger partial charge on any atom is 0.216 e. The summed E-state index contributed by atoms with van der Waals surface area (Å²) in [4.78, 5) is 21.2. The summed E-state index contributed by atoms with van der Waals surface area (Å²) in [5.74, 6) is -0.113. The molecule has 0 aromatic carbocycles. The Morgan fingerprint density at radius 3 is 2.27 bits per heavy atom. The fraction of sp³-hybridized carbons (Fsp3) is 0.500. The molecule has 11 heavy (non-hydrogen) atoms. The zero-order valence-corrected chi connectivity index (χ0v) is 6.94. The summed E-state index contributed by atoms with van der Waals surface area (Å²) in [5.41, 5.74) is 0.537. The molecule has 0 atom stereocenters. The van der Waals surface area contributed by atoms with Gasteiger partial charge in [-0.25, -0.2) is 0 Å². The van der Waals surface area contributed by atoms with E-state index in [4.69, 9.17) is 0 Å². The number of hydrogen-bond acceptors (Lipinski definition) is 2. The lowest BCUT2D eigenvalue weighted by atomic mass is 10.2. The first-order valence-corrected chi connectivity index (χ1v) is 3.47. The zero-order chi connectivity index (χ0) is 8.85. The van der Waals surface area contributed by atoms with Crippen LogP contribution in [0.4, 0.5) is 0 Å². The Hall–Kier alpha value is -1.12. The lowest BCUT2D eigenvalue weighted by Crippen LogP contribution is -2.23. The minimum atomic E-state index is -0.112. The quantitative estimate of drug-likeness (QED) is 0.606. The predicted octanol–water partition coefficient (Wildman–Crippen LogP) is 0.658. The molecule has 0 aliphatic heterocycles. The first-order chi connectivity index (χ1) is 5.04. The highest BCUT2D eigenvalue weighted by atomic mass is 16.1. The lowest BCUT2D eigenvalue weighted by Gasteiger charge is -1.99. The highest BCUT2D eigenvalue weighted by Crippen LogP contribution is 1.92. The molecule has 0 aliphatic carbocycles. The number of nitrogens with one attached hydrogen (secondary N) is 1. The Labute approximate surface area is 66.5 Å². The molecule has 0 aromatic heterocycles. The molecule has 62 valence electrons. The monoisotopic (exact) mass is 155 g/mol. The van der Waals surface area contributed by atoms with Crippen LogP contribution in [0, 0.1) is 0 Å². The molecular formula is C8H13NO2. The van der Waals surface area contributed by atoms with Crippen LogP contribution >= 0.6 is 0 Å². The number of ketones is 1. The third kappa shape index (κ3) is 5.33. The van der Waals surface area contributed by atoms with Crippen molar-refractivity contribution in [1.82, 2.24) is 5.32 Å². The van der Waals surface area contributed by atoms with E-state index in [9.17, 15) is 9.59 Å². The summed E-state index contributed by atoms with van der Waals surface area (Å²) in [6.07, 6.45) is 0.342. The fourth-order valence-corrected chi connectivity index (χ4v) is 0.565. The van der Waals surface area contributed by atoms with Crippen molar-refractivity contribution in [2.45, 2.75) is 20.3 Å². The third-order valence-electron chi connectivity index (χ3n) is 1.20. The summed E-state index contributed by atoms with van der Waals surface area (Å²) in [6.45, 7) is 6.98. The largest absolute Gasteiger partial charge is 0.356 e. The average molecular weight is 155 g/mol. The number of allylic oxidation sites excluding steroid dienone is 1. The molecule has 0 bridgehead atoms. The molecule has 0 heterocycles.